The Morgan fingerprint density at radius 2 is 0.969 bits per heavy atom. The number of aromatic nitrogens is 2. The number of benzene rings is 2. The molecule has 32 heavy (non-hydrogen) atoms. The summed E-state index contributed by atoms with van der Waals surface area (Å²) in [5, 5.41) is 7.90. The molecule has 2 aromatic carbocycles. The van der Waals surface area contributed by atoms with Gasteiger partial charge in [0, 0.05) is 12.1 Å². The van der Waals surface area contributed by atoms with Crippen LogP contribution in [0.3, 0.4) is 0 Å². The minimum Gasteiger partial charge on any atom is -0.494 e. The lowest BCUT2D eigenvalue weighted by Crippen LogP contribution is -2.14. The smallest absolute Gasteiger partial charge is 0.350 e. The second-order valence-electron chi connectivity index (χ2n) is 5.86. The van der Waals surface area contributed by atoms with Crippen molar-refractivity contribution in [2.24, 2.45) is 0 Å². The van der Waals surface area contributed by atoms with Crippen LogP contribution in [0.2, 0.25) is 20.1 Å². The van der Waals surface area contributed by atoms with Gasteiger partial charge in [-0.05, 0) is 24.3 Å². The van der Waals surface area contributed by atoms with E-state index in [1.807, 2.05) is 0 Å². The van der Waals surface area contributed by atoms with E-state index >= 15 is 0 Å². The van der Waals surface area contributed by atoms with E-state index < -0.39 is 11.9 Å². The molecule has 0 unspecified atom stereocenters. The number of rotatable bonds is 6. The first-order valence-electron chi connectivity index (χ1n) is 8.58. The third-order valence-electron chi connectivity index (χ3n) is 3.94. The molecule has 3 rings (SSSR count). The zero-order valence-corrected chi connectivity index (χ0v) is 19.3. The SMILES string of the molecule is COc1c(Cl)ccc(Cl)c1C(=O)Oc1ccc(OC(=O)c2c(Cl)ccc(Cl)c2OC)nn1. The van der Waals surface area contributed by atoms with Crippen LogP contribution in [0.15, 0.2) is 36.4 Å². The van der Waals surface area contributed by atoms with Gasteiger partial charge in [0.1, 0.15) is 11.1 Å². The zero-order chi connectivity index (χ0) is 23.4. The van der Waals surface area contributed by atoms with Crippen molar-refractivity contribution in [2.45, 2.75) is 0 Å². The summed E-state index contributed by atoms with van der Waals surface area (Å²) in [7, 11) is 2.66. The van der Waals surface area contributed by atoms with Crippen molar-refractivity contribution in [3.63, 3.8) is 0 Å². The van der Waals surface area contributed by atoms with Gasteiger partial charge in [-0.25, -0.2) is 9.59 Å². The van der Waals surface area contributed by atoms with E-state index in [1.165, 1.54) is 50.6 Å². The summed E-state index contributed by atoms with van der Waals surface area (Å²) in [6.07, 6.45) is 0. The number of carbonyl (C=O) groups excluding carboxylic acids is 2. The van der Waals surface area contributed by atoms with Gasteiger partial charge in [-0.1, -0.05) is 46.4 Å². The lowest BCUT2D eigenvalue weighted by atomic mass is 10.2. The Balaban J connectivity index is 1.77. The predicted octanol–water partition coefficient (Wildman–Crippen LogP) is 5.55. The summed E-state index contributed by atoms with van der Waals surface area (Å²) < 4.78 is 20.6. The number of halogens is 4. The summed E-state index contributed by atoms with van der Waals surface area (Å²) in [6, 6.07) is 8.32. The molecule has 3 aromatic rings. The highest BCUT2D eigenvalue weighted by Crippen LogP contribution is 2.35. The van der Waals surface area contributed by atoms with Crippen LogP contribution in [-0.2, 0) is 0 Å². The lowest BCUT2D eigenvalue weighted by molar-refractivity contribution is 0.0700. The highest BCUT2D eigenvalue weighted by atomic mass is 35.5. The molecule has 0 N–H and O–H groups in total. The maximum absolute atomic E-state index is 12.5. The standard InChI is InChI=1S/C20H12Cl4N2O6/c1-29-17-11(23)5-3-9(21)15(17)19(27)31-13-7-8-14(26-25-13)32-20(28)16-10(22)4-6-12(24)18(16)30-2/h3-8H,1-2H3. The van der Waals surface area contributed by atoms with Gasteiger partial charge in [-0.15, -0.1) is 10.2 Å². The van der Waals surface area contributed by atoms with E-state index in [9.17, 15) is 9.59 Å². The Bertz CT molecular complexity index is 1100. The van der Waals surface area contributed by atoms with E-state index in [-0.39, 0.29) is 54.5 Å². The highest BCUT2D eigenvalue weighted by molar-refractivity contribution is 6.37. The summed E-state index contributed by atoms with van der Waals surface area (Å²) in [6.45, 7) is 0. The minimum atomic E-state index is -0.871. The van der Waals surface area contributed by atoms with Crippen LogP contribution in [0.1, 0.15) is 20.7 Å². The largest absolute Gasteiger partial charge is 0.494 e. The van der Waals surface area contributed by atoms with Crippen molar-refractivity contribution >= 4 is 58.3 Å². The van der Waals surface area contributed by atoms with E-state index in [0.29, 0.717) is 0 Å². The Hall–Kier alpha value is -2.78. The first-order valence-corrected chi connectivity index (χ1v) is 10.1. The molecule has 0 bridgehead atoms. The number of nitrogens with zero attached hydrogens (tertiary/aromatic N) is 2. The van der Waals surface area contributed by atoms with Gasteiger partial charge in [-0.3, -0.25) is 0 Å². The molecule has 0 saturated carbocycles. The Morgan fingerprint density at radius 3 is 1.28 bits per heavy atom. The summed E-state index contributed by atoms with van der Waals surface area (Å²) >= 11 is 24.2. The maximum atomic E-state index is 12.5. The van der Waals surface area contributed by atoms with Gasteiger partial charge in [-0.2, -0.15) is 0 Å². The van der Waals surface area contributed by atoms with E-state index in [0.717, 1.165) is 0 Å². The molecule has 0 aliphatic rings. The third kappa shape index (κ3) is 4.99. The average Bonchev–Trinajstić information content (AvgIpc) is 2.77. The van der Waals surface area contributed by atoms with Crippen LogP contribution in [0, 0.1) is 0 Å². The van der Waals surface area contributed by atoms with Crippen molar-refractivity contribution in [1.82, 2.24) is 10.2 Å². The molecule has 8 nitrogen and oxygen atoms in total. The maximum Gasteiger partial charge on any atom is 0.350 e. The topological polar surface area (TPSA) is 96.8 Å². The number of esters is 2. The van der Waals surface area contributed by atoms with Crippen molar-refractivity contribution in [3.8, 4) is 23.3 Å². The molecule has 0 amide bonds. The van der Waals surface area contributed by atoms with Gasteiger partial charge in [0.2, 0.25) is 11.8 Å². The monoisotopic (exact) mass is 516 g/mol. The fourth-order valence-corrected chi connectivity index (χ4v) is 3.48. The Kier molecular flexibility index (Phi) is 7.63. The van der Waals surface area contributed by atoms with Crippen LogP contribution in [0.5, 0.6) is 23.3 Å². The first kappa shape index (κ1) is 23.9. The molecule has 1 aromatic heterocycles. The van der Waals surface area contributed by atoms with E-state index in [4.69, 9.17) is 65.4 Å². The molecular formula is C20H12Cl4N2O6. The van der Waals surface area contributed by atoms with Crippen LogP contribution in [0.4, 0.5) is 0 Å². The molecule has 0 fully saturated rings. The number of carbonyl (C=O) groups is 2. The third-order valence-corrected chi connectivity index (χ3v) is 5.17. The summed E-state index contributed by atoms with van der Waals surface area (Å²) in [5.74, 6) is -2.02. The molecule has 1 heterocycles. The van der Waals surface area contributed by atoms with Crippen molar-refractivity contribution in [1.29, 1.82) is 0 Å². The van der Waals surface area contributed by atoms with Gasteiger partial charge >= 0.3 is 11.9 Å². The molecule has 0 radical (unpaired) electrons. The second-order valence-corrected chi connectivity index (χ2v) is 7.49. The zero-order valence-electron chi connectivity index (χ0n) is 16.3. The number of hydrogen-bond donors (Lipinski definition) is 0. The molecule has 0 atom stereocenters. The van der Waals surface area contributed by atoms with Crippen LogP contribution in [0.25, 0.3) is 0 Å². The van der Waals surface area contributed by atoms with Gasteiger partial charge < -0.3 is 18.9 Å². The fourth-order valence-electron chi connectivity index (χ4n) is 2.55. The van der Waals surface area contributed by atoms with Crippen LogP contribution >= 0.6 is 46.4 Å². The molecule has 166 valence electrons. The van der Waals surface area contributed by atoms with Gasteiger partial charge in [0.05, 0.1) is 34.3 Å². The molecule has 0 aliphatic carbocycles. The molecule has 0 saturated heterocycles. The van der Waals surface area contributed by atoms with Crippen LogP contribution < -0.4 is 18.9 Å². The number of hydrogen-bond acceptors (Lipinski definition) is 8. The first-order chi connectivity index (χ1) is 15.3. The van der Waals surface area contributed by atoms with Gasteiger partial charge in [0.15, 0.2) is 11.5 Å². The highest BCUT2D eigenvalue weighted by Gasteiger charge is 2.24. The van der Waals surface area contributed by atoms with Crippen LogP contribution in [-0.4, -0.2) is 36.4 Å². The minimum absolute atomic E-state index is 0.0509. The lowest BCUT2D eigenvalue weighted by Gasteiger charge is -2.12. The Labute approximate surface area is 201 Å². The van der Waals surface area contributed by atoms with Crippen molar-refractivity contribution in [3.05, 3.63) is 67.6 Å². The van der Waals surface area contributed by atoms with E-state index in [1.54, 1.807) is 0 Å². The molecular weight excluding hydrogens is 506 g/mol. The molecule has 0 spiro atoms. The number of methoxy groups -OCH3 is 2. The van der Waals surface area contributed by atoms with Crippen molar-refractivity contribution in [2.75, 3.05) is 14.2 Å². The summed E-state index contributed by atoms with van der Waals surface area (Å²) in [5.41, 5.74) is -0.164. The molecule has 0 aliphatic heterocycles. The average molecular weight is 518 g/mol. The normalized spacial score (nSPS) is 10.4. The Morgan fingerprint density at radius 1 is 0.625 bits per heavy atom. The predicted molar refractivity (Wildman–Crippen MR) is 118 cm³/mol. The van der Waals surface area contributed by atoms with E-state index in [2.05, 4.69) is 10.2 Å². The quantitative estimate of drug-likeness (QED) is 0.393. The van der Waals surface area contributed by atoms with Gasteiger partial charge in [0.25, 0.3) is 0 Å². The second kappa shape index (κ2) is 10.2. The summed E-state index contributed by atoms with van der Waals surface area (Å²) in [4.78, 5) is 25.0. The fraction of sp³-hybridized carbons (Fsp3) is 0.100. The van der Waals surface area contributed by atoms with Crippen molar-refractivity contribution < 1.29 is 28.5 Å². The molecule has 12 heteroatoms. The number of ether oxygens (including phenoxy) is 4.